The predicted octanol–water partition coefficient (Wildman–Crippen LogP) is 3.69. The summed E-state index contributed by atoms with van der Waals surface area (Å²) in [6, 6.07) is 12.2. The number of fused-ring (bicyclic) bond motifs is 1. The van der Waals surface area contributed by atoms with Crippen LogP contribution in [0.25, 0.3) is 16.2 Å². The van der Waals surface area contributed by atoms with Gasteiger partial charge in [-0.05, 0) is 31.4 Å². The maximum atomic E-state index is 12.7. The molecule has 0 radical (unpaired) electrons. The van der Waals surface area contributed by atoms with Crippen LogP contribution < -0.4 is 10.2 Å². The van der Waals surface area contributed by atoms with Gasteiger partial charge in [0.1, 0.15) is 0 Å². The maximum Gasteiger partial charge on any atom is 0.225 e. The number of nitrogens with zero attached hydrogens (tertiary/aromatic N) is 5. The van der Waals surface area contributed by atoms with E-state index in [-0.39, 0.29) is 11.8 Å². The topological polar surface area (TPSA) is 75.4 Å². The van der Waals surface area contributed by atoms with E-state index in [1.807, 2.05) is 22.8 Å². The fourth-order valence-electron chi connectivity index (χ4n) is 3.88. The lowest BCUT2D eigenvalue weighted by Crippen LogP contribution is -2.43. The second kappa shape index (κ2) is 8.47. The van der Waals surface area contributed by atoms with E-state index in [9.17, 15) is 4.79 Å². The number of aryl methyl sites for hydroxylation is 1. The van der Waals surface area contributed by atoms with Gasteiger partial charge in [-0.3, -0.25) is 9.78 Å². The third-order valence-electron chi connectivity index (χ3n) is 5.63. The van der Waals surface area contributed by atoms with E-state index in [1.165, 1.54) is 5.56 Å². The first-order chi connectivity index (χ1) is 15.2. The average molecular weight is 433 g/mol. The Balaban J connectivity index is 1.25. The fourth-order valence-corrected chi connectivity index (χ4v) is 4.80. The van der Waals surface area contributed by atoms with Crippen molar-refractivity contribution >= 4 is 27.3 Å². The Morgan fingerprint density at radius 2 is 2.13 bits per heavy atom. The zero-order valence-corrected chi connectivity index (χ0v) is 18.2. The SMILES string of the molecule is Cc1ccc(-c2cn3nc(N4CCCC(C(=O)NCc5cccnc5)C4)sc3n2)cc1. The number of imidazole rings is 1. The second-order valence-electron chi connectivity index (χ2n) is 7.97. The van der Waals surface area contributed by atoms with Crippen LogP contribution in [0.1, 0.15) is 24.0 Å². The molecule has 0 bridgehead atoms. The van der Waals surface area contributed by atoms with Crippen LogP contribution in [0.3, 0.4) is 0 Å². The monoisotopic (exact) mass is 432 g/mol. The van der Waals surface area contributed by atoms with Crippen LogP contribution in [0.15, 0.2) is 55.0 Å². The maximum absolute atomic E-state index is 12.7. The highest BCUT2D eigenvalue weighted by atomic mass is 32.1. The van der Waals surface area contributed by atoms with Gasteiger partial charge in [0.05, 0.1) is 17.8 Å². The third-order valence-corrected chi connectivity index (χ3v) is 6.62. The molecule has 7 nitrogen and oxygen atoms in total. The molecule has 3 aromatic heterocycles. The molecule has 0 spiro atoms. The number of amides is 1. The molecule has 1 amide bonds. The number of aromatic nitrogens is 4. The van der Waals surface area contributed by atoms with Crippen LogP contribution in [0.2, 0.25) is 0 Å². The molecule has 1 aliphatic rings. The van der Waals surface area contributed by atoms with E-state index in [0.717, 1.165) is 46.3 Å². The molecule has 4 heterocycles. The minimum Gasteiger partial charge on any atom is -0.352 e. The van der Waals surface area contributed by atoms with Gasteiger partial charge in [0.2, 0.25) is 16.0 Å². The van der Waals surface area contributed by atoms with E-state index in [2.05, 4.69) is 46.4 Å². The van der Waals surface area contributed by atoms with Crippen molar-refractivity contribution < 1.29 is 4.79 Å². The minimum absolute atomic E-state index is 0.0373. The van der Waals surface area contributed by atoms with Gasteiger partial charge in [-0.25, -0.2) is 9.50 Å². The van der Waals surface area contributed by atoms with Gasteiger partial charge in [0.15, 0.2) is 0 Å². The van der Waals surface area contributed by atoms with Crippen molar-refractivity contribution in [3.05, 3.63) is 66.1 Å². The third kappa shape index (κ3) is 4.29. The Labute approximate surface area is 184 Å². The lowest BCUT2D eigenvalue weighted by atomic mass is 9.97. The molecular formula is C23H24N6OS. The second-order valence-corrected chi connectivity index (χ2v) is 8.90. The molecule has 1 aromatic carbocycles. The van der Waals surface area contributed by atoms with E-state index < -0.39 is 0 Å². The summed E-state index contributed by atoms with van der Waals surface area (Å²) in [6.07, 6.45) is 7.36. The van der Waals surface area contributed by atoms with Crippen LogP contribution in [-0.2, 0) is 11.3 Å². The van der Waals surface area contributed by atoms with Gasteiger partial charge in [-0.1, -0.05) is 47.2 Å². The van der Waals surface area contributed by atoms with Crippen LogP contribution in [0.4, 0.5) is 5.13 Å². The van der Waals surface area contributed by atoms with Crippen molar-refractivity contribution in [2.45, 2.75) is 26.3 Å². The number of anilines is 1. The summed E-state index contributed by atoms with van der Waals surface area (Å²) in [6.45, 7) is 4.18. The van der Waals surface area contributed by atoms with Crippen molar-refractivity contribution in [2.24, 2.45) is 5.92 Å². The number of nitrogens with one attached hydrogen (secondary N) is 1. The lowest BCUT2D eigenvalue weighted by Gasteiger charge is -2.31. The smallest absolute Gasteiger partial charge is 0.225 e. The van der Waals surface area contributed by atoms with Crippen molar-refractivity contribution in [1.82, 2.24) is 24.9 Å². The van der Waals surface area contributed by atoms with E-state index in [0.29, 0.717) is 13.1 Å². The lowest BCUT2D eigenvalue weighted by molar-refractivity contribution is -0.125. The van der Waals surface area contributed by atoms with Crippen molar-refractivity contribution in [3.63, 3.8) is 0 Å². The van der Waals surface area contributed by atoms with Crippen LogP contribution in [-0.4, -0.2) is 38.6 Å². The molecular weight excluding hydrogens is 408 g/mol. The molecule has 1 unspecified atom stereocenters. The number of piperidine rings is 1. The molecule has 31 heavy (non-hydrogen) atoms. The fraction of sp³-hybridized carbons (Fsp3) is 0.304. The summed E-state index contributed by atoms with van der Waals surface area (Å²) in [5.74, 6) is 0.0568. The normalized spacial score (nSPS) is 16.5. The van der Waals surface area contributed by atoms with Crippen molar-refractivity contribution in [2.75, 3.05) is 18.0 Å². The molecule has 1 aliphatic heterocycles. The highest BCUT2D eigenvalue weighted by Gasteiger charge is 2.27. The quantitative estimate of drug-likeness (QED) is 0.521. The molecule has 1 saturated heterocycles. The van der Waals surface area contributed by atoms with Gasteiger partial charge >= 0.3 is 0 Å². The first-order valence-electron chi connectivity index (χ1n) is 10.5. The Morgan fingerprint density at radius 1 is 1.26 bits per heavy atom. The Morgan fingerprint density at radius 3 is 2.90 bits per heavy atom. The molecule has 8 heteroatoms. The largest absolute Gasteiger partial charge is 0.352 e. The number of hydrogen-bond donors (Lipinski definition) is 1. The number of rotatable bonds is 5. The number of carbonyl (C=O) groups excluding carboxylic acids is 1. The van der Waals surface area contributed by atoms with Gasteiger partial charge in [-0.15, -0.1) is 5.10 Å². The van der Waals surface area contributed by atoms with Crippen LogP contribution in [0.5, 0.6) is 0 Å². The summed E-state index contributed by atoms with van der Waals surface area (Å²) in [5, 5.41) is 8.72. The zero-order chi connectivity index (χ0) is 21.2. The molecule has 158 valence electrons. The predicted molar refractivity (Wildman–Crippen MR) is 122 cm³/mol. The first kappa shape index (κ1) is 19.7. The molecule has 1 fully saturated rings. The Hall–Kier alpha value is -3.26. The zero-order valence-electron chi connectivity index (χ0n) is 17.4. The summed E-state index contributed by atoms with van der Waals surface area (Å²) in [7, 11) is 0. The van der Waals surface area contributed by atoms with Gasteiger partial charge < -0.3 is 10.2 Å². The minimum atomic E-state index is -0.0373. The number of carbonyl (C=O) groups is 1. The summed E-state index contributed by atoms with van der Waals surface area (Å²) < 4.78 is 1.85. The van der Waals surface area contributed by atoms with Crippen LogP contribution in [0, 0.1) is 12.8 Å². The van der Waals surface area contributed by atoms with Gasteiger partial charge in [0.25, 0.3) is 0 Å². The first-order valence-corrected chi connectivity index (χ1v) is 11.3. The van der Waals surface area contributed by atoms with Gasteiger partial charge in [-0.2, -0.15) is 0 Å². The molecule has 1 N–H and O–H groups in total. The number of benzene rings is 1. The Kier molecular flexibility index (Phi) is 5.38. The van der Waals surface area contributed by atoms with E-state index in [1.54, 1.807) is 23.7 Å². The number of pyridine rings is 1. The summed E-state index contributed by atoms with van der Waals surface area (Å²) in [5.41, 5.74) is 4.26. The van der Waals surface area contributed by atoms with E-state index >= 15 is 0 Å². The van der Waals surface area contributed by atoms with E-state index in [4.69, 9.17) is 10.1 Å². The van der Waals surface area contributed by atoms with Crippen molar-refractivity contribution in [3.8, 4) is 11.3 Å². The standard InChI is InChI=1S/C23H24N6OS/c1-16-6-8-18(9-7-16)20-15-29-22(26-20)31-23(27-29)28-11-3-5-19(14-28)21(30)25-13-17-4-2-10-24-12-17/h2,4,6-10,12,15,19H,3,5,11,13-14H2,1H3,(H,25,30). The molecule has 4 aromatic rings. The molecule has 5 rings (SSSR count). The molecule has 1 atom stereocenters. The Bertz CT molecular complexity index is 1150. The molecule has 0 saturated carbocycles. The van der Waals surface area contributed by atoms with Crippen molar-refractivity contribution in [1.29, 1.82) is 0 Å². The highest BCUT2D eigenvalue weighted by molar-refractivity contribution is 7.20. The summed E-state index contributed by atoms with van der Waals surface area (Å²) in [4.78, 5) is 24.6. The van der Waals surface area contributed by atoms with Crippen LogP contribution >= 0.6 is 11.3 Å². The number of hydrogen-bond acceptors (Lipinski definition) is 6. The summed E-state index contributed by atoms with van der Waals surface area (Å²) >= 11 is 1.57. The highest BCUT2D eigenvalue weighted by Crippen LogP contribution is 2.30. The van der Waals surface area contributed by atoms with Gasteiger partial charge in [0, 0.05) is 37.6 Å². The average Bonchev–Trinajstić information content (AvgIpc) is 3.38. The molecule has 0 aliphatic carbocycles.